The van der Waals surface area contributed by atoms with Gasteiger partial charge in [0.25, 0.3) is 0 Å². The third-order valence-corrected chi connectivity index (χ3v) is 3.22. The Morgan fingerprint density at radius 1 is 1.42 bits per heavy atom. The first-order chi connectivity index (χ1) is 8.78. The van der Waals surface area contributed by atoms with Crippen LogP contribution < -0.4 is 0 Å². The molecule has 1 N–H and O–H groups in total. The molecule has 1 aromatic rings. The highest BCUT2D eigenvalue weighted by atomic mass is 79.9. The van der Waals surface area contributed by atoms with E-state index >= 15 is 0 Å². The van der Waals surface area contributed by atoms with Crippen molar-refractivity contribution in [3.63, 3.8) is 0 Å². The standard InChI is InChI=1S/C15H21BrO3/c1-15(2,3)19-8-7-12(14(17)18)9-11-5-4-6-13(16)10-11/h4-6,10,12H,7-9H2,1-3H3,(H,17,18). The molecule has 0 saturated heterocycles. The second-order valence-corrected chi connectivity index (χ2v) is 6.53. The quantitative estimate of drug-likeness (QED) is 0.861. The predicted molar refractivity (Wildman–Crippen MR) is 79.3 cm³/mol. The van der Waals surface area contributed by atoms with E-state index < -0.39 is 11.9 Å². The Morgan fingerprint density at radius 2 is 2.11 bits per heavy atom. The van der Waals surface area contributed by atoms with Crippen LogP contribution in [0.15, 0.2) is 28.7 Å². The summed E-state index contributed by atoms with van der Waals surface area (Å²) in [7, 11) is 0. The van der Waals surface area contributed by atoms with Gasteiger partial charge in [0.15, 0.2) is 0 Å². The summed E-state index contributed by atoms with van der Waals surface area (Å²) in [5, 5.41) is 9.27. The SMILES string of the molecule is CC(C)(C)OCCC(Cc1cccc(Br)c1)C(=O)O. The molecular weight excluding hydrogens is 308 g/mol. The predicted octanol–water partition coefficient (Wildman–Crippen LogP) is 3.90. The zero-order valence-electron chi connectivity index (χ0n) is 11.6. The van der Waals surface area contributed by atoms with Gasteiger partial charge in [0.2, 0.25) is 0 Å². The summed E-state index contributed by atoms with van der Waals surface area (Å²) in [5.74, 6) is -1.17. The third kappa shape index (κ3) is 6.73. The summed E-state index contributed by atoms with van der Waals surface area (Å²) < 4.78 is 6.57. The van der Waals surface area contributed by atoms with Crippen LogP contribution in [0.5, 0.6) is 0 Å². The molecule has 1 atom stereocenters. The lowest BCUT2D eigenvalue weighted by molar-refractivity contribution is -0.142. The van der Waals surface area contributed by atoms with Gasteiger partial charge in [-0.3, -0.25) is 4.79 Å². The number of carbonyl (C=O) groups is 1. The maximum atomic E-state index is 11.3. The van der Waals surface area contributed by atoms with Crippen LogP contribution in [-0.2, 0) is 16.0 Å². The van der Waals surface area contributed by atoms with Crippen LogP contribution >= 0.6 is 15.9 Å². The second kappa shape index (κ2) is 7.06. The van der Waals surface area contributed by atoms with Gasteiger partial charge in [0.05, 0.1) is 11.5 Å². The molecule has 0 aliphatic heterocycles. The number of hydrogen-bond donors (Lipinski definition) is 1. The lowest BCUT2D eigenvalue weighted by Gasteiger charge is -2.21. The first-order valence-corrected chi connectivity index (χ1v) is 7.18. The van der Waals surface area contributed by atoms with E-state index in [2.05, 4.69) is 15.9 Å². The molecule has 19 heavy (non-hydrogen) atoms. The van der Waals surface area contributed by atoms with Crippen LogP contribution in [0.4, 0.5) is 0 Å². The molecule has 1 rings (SSSR count). The van der Waals surface area contributed by atoms with Gasteiger partial charge in [-0.05, 0) is 51.3 Å². The van der Waals surface area contributed by atoms with Crippen molar-refractivity contribution in [2.45, 2.75) is 39.2 Å². The van der Waals surface area contributed by atoms with E-state index in [-0.39, 0.29) is 5.60 Å². The minimum absolute atomic E-state index is 0.223. The second-order valence-electron chi connectivity index (χ2n) is 5.62. The van der Waals surface area contributed by atoms with Gasteiger partial charge in [0, 0.05) is 11.1 Å². The van der Waals surface area contributed by atoms with Crippen molar-refractivity contribution in [2.24, 2.45) is 5.92 Å². The molecule has 0 heterocycles. The van der Waals surface area contributed by atoms with Crippen LogP contribution in [0.3, 0.4) is 0 Å². The molecule has 0 aromatic heterocycles. The summed E-state index contributed by atoms with van der Waals surface area (Å²) in [4.78, 5) is 11.3. The van der Waals surface area contributed by atoms with E-state index in [1.54, 1.807) is 0 Å². The van der Waals surface area contributed by atoms with Gasteiger partial charge < -0.3 is 9.84 Å². The molecule has 1 unspecified atom stereocenters. The highest BCUT2D eigenvalue weighted by molar-refractivity contribution is 9.10. The van der Waals surface area contributed by atoms with E-state index in [1.165, 1.54) is 0 Å². The fourth-order valence-corrected chi connectivity index (χ4v) is 2.22. The molecule has 4 heteroatoms. The van der Waals surface area contributed by atoms with Crippen LogP contribution in [0.25, 0.3) is 0 Å². The Hall–Kier alpha value is -0.870. The Kier molecular flexibility index (Phi) is 6.01. The molecule has 0 saturated carbocycles. The fraction of sp³-hybridized carbons (Fsp3) is 0.533. The van der Waals surface area contributed by atoms with Gasteiger partial charge in [-0.2, -0.15) is 0 Å². The number of rotatable bonds is 6. The van der Waals surface area contributed by atoms with E-state index in [9.17, 15) is 9.90 Å². The van der Waals surface area contributed by atoms with E-state index in [0.717, 1.165) is 10.0 Å². The van der Waals surface area contributed by atoms with Crippen molar-refractivity contribution in [1.82, 2.24) is 0 Å². The molecular formula is C15H21BrO3. The molecule has 0 fully saturated rings. The lowest BCUT2D eigenvalue weighted by atomic mass is 9.96. The zero-order chi connectivity index (χ0) is 14.5. The maximum Gasteiger partial charge on any atom is 0.306 e. The summed E-state index contributed by atoms with van der Waals surface area (Å²) in [6, 6.07) is 7.76. The smallest absolute Gasteiger partial charge is 0.306 e. The summed E-state index contributed by atoms with van der Waals surface area (Å²) in [6.07, 6.45) is 1.06. The first kappa shape index (κ1) is 16.2. The Balaban J connectivity index is 2.56. The topological polar surface area (TPSA) is 46.5 Å². The number of halogens is 1. The average Bonchev–Trinajstić information content (AvgIpc) is 2.26. The normalized spacial score (nSPS) is 13.3. The van der Waals surface area contributed by atoms with Crippen molar-refractivity contribution in [3.05, 3.63) is 34.3 Å². The summed E-state index contributed by atoms with van der Waals surface area (Å²) in [5.41, 5.74) is 0.802. The van der Waals surface area contributed by atoms with Gasteiger partial charge in [-0.1, -0.05) is 28.1 Å². The van der Waals surface area contributed by atoms with Crippen molar-refractivity contribution in [3.8, 4) is 0 Å². The minimum atomic E-state index is -0.766. The third-order valence-electron chi connectivity index (χ3n) is 2.72. The molecule has 0 aliphatic carbocycles. The van der Waals surface area contributed by atoms with Crippen molar-refractivity contribution >= 4 is 21.9 Å². The van der Waals surface area contributed by atoms with Crippen molar-refractivity contribution in [1.29, 1.82) is 0 Å². The van der Waals surface area contributed by atoms with Crippen molar-refractivity contribution < 1.29 is 14.6 Å². The minimum Gasteiger partial charge on any atom is -0.481 e. The zero-order valence-corrected chi connectivity index (χ0v) is 13.2. The molecule has 1 aromatic carbocycles. The molecule has 0 radical (unpaired) electrons. The van der Waals surface area contributed by atoms with Crippen LogP contribution in [0.1, 0.15) is 32.8 Å². The average molecular weight is 329 g/mol. The molecule has 0 bridgehead atoms. The highest BCUT2D eigenvalue weighted by Crippen LogP contribution is 2.18. The van der Waals surface area contributed by atoms with Gasteiger partial charge in [0.1, 0.15) is 0 Å². The van der Waals surface area contributed by atoms with Gasteiger partial charge in [-0.25, -0.2) is 0 Å². The monoisotopic (exact) mass is 328 g/mol. The molecule has 106 valence electrons. The summed E-state index contributed by atoms with van der Waals surface area (Å²) in [6.45, 7) is 6.37. The van der Waals surface area contributed by atoms with E-state index in [4.69, 9.17) is 4.74 Å². The highest BCUT2D eigenvalue weighted by Gasteiger charge is 2.19. The van der Waals surface area contributed by atoms with Crippen LogP contribution in [0.2, 0.25) is 0 Å². The lowest BCUT2D eigenvalue weighted by Crippen LogP contribution is -2.24. The fourth-order valence-electron chi connectivity index (χ4n) is 1.77. The van der Waals surface area contributed by atoms with Crippen LogP contribution in [0, 0.1) is 5.92 Å². The Labute approximate surface area is 123 Å². The molecule has 3 nitrogen and oxygen atoms in total. The largest absolute Gasteiger partial charge is 0.481 e. The molecule has 0 spiro atoms. The number of hydrogen-bond acceptors (Lipinski definition) is 2. The van der Waals surface area contributed by atoms with E-state index in [1.807, 2.05) is 45.0 Å². The Morgan fingerprint density at radius 3 is 2.63 bits per heavy atom. The maximum absolute atomic E-state index is 11.3. The number of aliphatic carboxylic acids is 1. The number of benzene rings is 1. The van der Waals surface area contributed by atoms with Gasteiger partial charge >= 0.3 is 5.97 Å². The number of ether oxygens (including phenoxy) is 1. The van der Waals surface area contributed by atoms with Gasteiger partial charge in [-0.15, -0.1) is 0 Å². The molecule has 0 aliphatic rings. The number of carboxylic acids is 1. The van der Waals surface area contributed by atoms with Crippen molar-refractivity contribution in [2.75, 3.05) is 6.61 Å². The van der Waals surface area contributed by atoms with Crippen LogP contribution in [-0.4, -0.2) is 23.3 Å². The summed E-state index contributed by atoms with van der Waals surface area (Å²) >= 11 is 3.40. The Bertz CT molecular complexity index is 424. The number of carboxylic acid groups (broad SMARTS) is 1. The van der Waals surface area contributed by atoms with E-state index in [0.29, 0.717) is 19.4 Å². The first-order valence-electron chi connectivity index (χ1n) is 6.39. The molecule has 0 amide bonds.